The maximum atomic E-state index is 13.8. The zero-order valence-electron chi connectivity index (χ0n) is 29.2. The summed E-state index contributed by atoms with van der Waals surface area (Å²) in [6, 6.07) is 5.93. The smallest absolute Gasteiger partial charge is 0.248 e. The highest BCUT2D eigenvalue weighted by Crippen LogP contribution is 2.41. The molecule has 3 atom stereocenters. The second kappa shape index (κ2) is 11.4. The number of aryl methyl sites for hydroxylation is 1. The number of amides is 1. The van der Waals surface area contributed by atoms with Gasteiger partial charge < -0.3 is 9.88 Å². The van der Waals surface area contributed by atoms with Crippen LogP contribution in [0.15, 0.2) is 30.3 Å². The minimum absolute atomic E-state index is 0.0202. The van der Waals surface area contributed by atoms with Gasteiger partial charge in [-0.2, -0.15) is 0 Å². The van der Waals surface area contributed by atoms with Gasteiger partial charge in [-0.1, -0.05) is 50.6 Å². The molecule has 1 aliphatic carbocycles. The number of alkyl halides is 2. The molecule has 1 aromatic carbocycles. The van der Waals surface area contributed by atoms with Gasteiger partial charge in [0, 0.05) is 58.9 Å². The Balaban J connectivity index is 1.45. The Labute approximate surface area is 235 Å². The summed E-state index contributed by atoms with van der Waals surface area (Å²) in [6.07, 6.45) is -0.685. The standard InChI is InChI=1S/C30H43F2N5O/c1-20(2)28-35-34-21(3)37(28)26-18-24-10-7-11-25(19-26)36(24)17-14-27(22-8-5-4-6-9-22)33-29(38)23-12-15-30(31,32)16-13-23/h4-6,8-9,20,23-27H,7,10-19H2,1-3H3,(H,33,38)/t24?,25?,26?,27-/m0/s1/i3D3,14D2,17D2. The maximum Gasteiger partial charge on any atom is 0.248 e. The lowest BCUT2D eigenvalue weighted by atomic mass is 9.81. The first-order valence-corrected chi connectivity index (χ1v) is 13.9. The lowest BCUT2D eigenvalue weighted by Gasteiger charge is -2.50. The van der Waals surface area contributed by atoms with Crippen molar-refractivity contribution in [3.63, 3.8) is 0 Å². The molecule has 2 unspecified atom stereocenters. The van der Waals surface area contributed by atoms with Crippen LogP contribution in [0.4, 0.5) is 8.78 Å². The molecular formula is C30H43F2N5O. The first-order valence-electron chi connectivity index (χ1n) is 17.4. The number of halogens is 2. The Morgan fingerprint density at radius 2 is 1.79 bits per heavy atom. The first-order chi connectivity index (χ1) is 20.9. The van der Waals surface area contributed by atoms with E-state index in [1.807, 2.05) is 13.8 Å². The predicted molar refractivity (Wildman–Crippen MR) is 144 cm³/mol. The van der Waals surface area contributed by atoms with Crippen LogP contribution < -0.4 is 5.32 Å². The molecule has 1 saturated carbocycles. The number of aromatic nitrogens is 3. The largest absolute Gasteiger partial charge is 0.349 e. The summed E-state index contributed by atoms with van der Waals surface area (Å²) in [6.45, 7) is -1.19. The van der Waals surface area contributed by atoms with E-state index in [4.69, 9.17) is 4.11 Å². The number of benzene rings is 1. The van der Waals surface area contributed by atoms with Crippen LogP contribution in [0.1, 0.15) is 123 Å². The van der Waals surface area contributed by atoms with Gasteiger partial charge >= 0.3 is 0 Å². The van der Waals surface area contributed by atoms with E-state index in [2.05, 4.69) is 15.5 Å². The van der Waals surface area contributed by atoms with Crippen LogP contribution in [-0.4, -0.2) is 50.1 Å². The maximum absolute atomic E-state index is 13.8. The van der Waals surface area contributed by atoms with E-state index in [0.29, 0.717) is 37.1 Å². The highest BCUT2D eigenvalue weighted by Gasteiger charge is 2.41. The SMILES string of the molecule is [2H]C([2H])([2H])c1nnc(C(C)C)n1C1CC2CCCC(C1)N2C([2H])([2H])C([2H])([2H])[C@H](NC(=O)C1CCC(F)(F)CC1)c1ccccc1. The van der Waals surface area contributed by atoms with E-state index in [1.54, 1.807) is 39.8 Å². The fraction of sp³-hybridized carbons (Fsp3) is 0.700. The van der Waals surface area contributed by atoms with Crippen LogP contribution in [-0.2, 0) is 4.79 Å². The normalized spacial score (nSPS) is 30.7. The van der Waals surface area contributed by atoms with Crippen LogP contribution in [0.5, 0.6) is 0 Å². The number of piperidine rings is 2. The molecule has 0 spiro atoms. The zero-order chi connectivity index (χ0) is 32.9. The third kappa shape index (κ3) is 5.95. The summed E-state index contributed by atoms with van der Waals surface area (Å²) in [5, 5.41) is 11.0. The van der Waals surface area contributed by atoms with Crippen molar-refractivity contribution in [3.8, 4) is 0 Å². The second-order valence-corrected chi connectivity index (χ2v) is 11.4. The molecule has 208 valence electrons. The Kier molecular flexibility index (Phi) is 5.90. The van der Waals surface area contributed by atoms with Crippen LogP contribution in [0.25, 0.3) is 0 Å². The van der Waals surface area contributed by atoms with E-state index in [1.165, 1.54) is 0 Å². The van der Waals surface area contributed by atoms with Gasteiger partial charge in [-0.3, -0.25) is 9.69 Å². The van der Waals surface area contributed by atoms with Gasteiger partial charge in [0.1, 0.15) is 11.6 Å². The summed E-state index contributed by atoms with van der Waals surface area (Å²) in [5.74, 6) is -3.70. The van der Waals surface area contributed by atoms with Gasteiger partial charge in [-0.05, 0) is 57.3 Å². The fourth-order valence-electron chi connectivity index (χ4n) is 6.35. The summed E-state index contributed by atoms with van der Waals surface area (Å²) < 4.78 is 90.9. The van der Waals surface area contributed by atoms with Gasteiger partial charge in [-0.15, -0.1) is 10.2 Å². The van der Waals surface area contributed by atoms with Crippen molar-refractivity contribution < 1.29 is 23.2 Å². The molecule has 1 amide bonds. The van der Waals surface area contributed by atoms with Gasteiger partial charge in [0.15, 0.2) is 0 Å². The minimum atomic E-state index is -2.82. The molecule has 2 aliphatic heterocycles. The summed E-state index contributed by atoms with van der Waals surface area (Å²) in [4.78, 5) is 15.0. The lowest BCUT2D eigenvalue weighted by molar-refractivity contribution is -0.130. The van der Waals surface area contributed by atoms with Crippen LogP contribution in [0.2, 0.25) is 0 Å². The number of rotatable bonds is 8. The third-order valence-electron chi connectivity index (χ3n) is 8.40. The molecule has 5 rings (SSSR count). The molecule has 3 fully saturated rings. The van der Waals surface area contributed by atoms with Crippen molar-refractivity contribution in [2.75, 3.05) is 6.50 Å². The molecule has 2 saturated heterocycles. The Bertz CT molecular complexity index is 1330. The molecule has 1 aromatic heterocycles. The monoisotopic (exact) mass is 534 g/mol. The molecular weight excluding hydrogens is 484 g/mol. The average Bonchev–Trinajstić information content (AvgIpc) is 3.42. The Morgan fingerprint density at radius 1 is 1.11 bits per heavy atom. The topological polar surface area (TPSA) is 63.1 Å². The molecule has 6 nitrogen and oxygen atoms in total. The quantitative estimate of drug-likeness (QED) is 0.429. The number of nitrogens with zero attached hydrogens (tertiary/aromatic N) is 4. The van der Waals surface area contributed by atoms with Crippen LogP contribution in [0.3, 0.4) is 0 Å². The zero-order valence-corrected chi connectivity index (χ0v) is 22.2. The number of hydrogen-bond donors (Lipinski definition) is 1. The lowest BCUT2D eigenvalue weighted by Crippen LogP contribution is -2.53. The number of carbonyl (C=O) groups is 1. The van der Waals surface area contributed by atoms with Gasteiger partial charge in [0.05, 0.1) is 6.04 Å². The molecule has 8 heteroatoms. The van der Waals surface area contributed by atoms with E-state index in [0.717, 1.165) is 6.42 Å². The van der Waals surface area contributed by atoms with Crippen molar-refractivity contribution >= 4 is 5.91 Å². The van der Waals surface area contributed by atoms with Crippen LogP contribution in [0, 0.1) is 12.8 Å². The fourth-order valence-corrected chi connectivity index (χ4v) is 6.35. The summed E-state index contributed by atoms with van der Waals surface area (Å²) in [5.41, 5.74) is 0.384. The van der Waals surface area contributed by atoms with Gasteiger partial charge in [0.25, 0.3) is 0 Å². The van der Waals surface area contributed by atoms with Crippen molar-refractivity contribution in [1.29, 1.82) is 0 Å². The molecule has 2 aromatic rings. The van der Waals surface area contributed by atoms with Gasteiger partial charge in [0.2, 0.25) is 11.8 Å². The first kappa shape index (κ1) is 19.7. The average molecular weight is 535 g/mol. The van der Waals surface area contributed by atoms with E-state index >= 15 is 0 Å². The van der Waals surface area contributed by atoms with Gasteiger partial charge in [-0.25, -0.2) is 8.78 Å². The molecule has 38 heavy (non-hydrogen) atoms. The highest BCUT2D eigenvalue weighted by atomic mass is 19.3. The molecule has 2 bridgehead atoms. The third-order valence-corrected chi connectivity index (χ3v) is 8.40. The molecule has 1 N–H and O–H groups in total. The minimum Gasteiger partial charge on any atom is -0.349 e. The number of carbonyl (C=O) groups excluding carboxylic acids is 1. The summed E-state index contributed by atoms with van der Waals surface area (Å²) >= 11 is 0. The second-order valence-electron chi connectivity index (χ2n) is 11.4. The van der Waals surface area contributed by atoms with E-state index in [-0.39, 0.29) is 30.6 Å². The molecule has 3 aliphatic rings. The Morgan fingerprint density at radius 3 is 2.42 bits per heavy atom. The number of fused-ring (bicyclic) bond motifs is 2. The predicted octanol–water partition coefficient (Wildman–Crippen LogP) is 6.34. The number of nitrogens with one attached hydrogen (secondary N) is 1. The van der Waals surface area contributed by atoms with Crippen molar-refractivity contribution in [3.05, 3.63) is 47.5 Å². The highest BCUT2D eigenvalue weighted by molar-refractivity contribution is 5.79. The molecule has 3 heterocycles. The van der Waals surface area contributed by atoms with E-state index in [9.17, 15) is 19.1 Å². The number of hydrogen-bond acceptors (Lipinski definition) is 4. The van der Waals surface area contributed by atoms with Crippen molar-refractivity contribution in [2.45, 2.75) is 121 Å². The van der Waals surface area contributed by atoms with Crippen LogP contribution >= 0.6 is 0 Å². The summed E-state index contributed by atoms with van der Waals surface area (Å²) in [7, 11) is 0. The Hall–Kier alpha value is -2.35. The van der Waals surface area contributed by atoms with Crippen molar-refractivity contribution in [1.82, 2.24) is 25.0 Å². The van der Waals surface area contributed by atoms with E-state index < -0.39 is 68.4 Å². The molecule has 0 radical (unpaired) electrons. The van der Waals surface area contributed by atoms with Crippen molar-refractivity contribution in [2.24, 2.45) is 5.92 Å².